The molecule has 0 bridgehead atoms. The maximum absolute atomic E-state index is 6.08. The van der Waals surface area contributed by atoms with Crippen LogP contribution in [0.4, 0.5) is 0 Å². The molecular formula is C16H15Br2NOS. The van der Waals surface area contributed by atoms with E-state index in [2.05, 4.69) is 51.8 Å². The van der Waals surface area contributed by atoms with Gasteiger partial charge in [-0.25, -0.2) is 0 Å². The van der Waals surface area contributed by atoms with Crippen LogP contribution in [0.3, 0.4) is 0 Å². The Morgan fingerprint density at radius 3 is 2.29 bits per heavy atom. The molecule has 0 saturated carbocycles. The largest absolute Gasteiger partial charge is 0.456 e. The molecule has 0 unspecified atom stereocenters. The summed E-state index contributed by atoms with van der Waals surface area (Å²) in [5, 5.41) is 0. The second-order valence-corrected chi connectivity index (χ2v) is 7.21. The predicted molar refractivity (Wildman–Crippen MR) is 98.3 cm³/mol. The van der Waals surface area contributed by atoms with Gasteiger partial charge in [-0.15, -0.1) is 0 Å². The number of hydrogen-bond acceptors (Lipinski definition) is 2. The quantitative estimate of drug-likeness (QED) is 0.628. The fraction of sp³-hybridized carbons (Fsp3) is 0.188. The van der Waals surface area contributed by atoms with E-state index >= 15 is 0 Å². The first-order valence-electron chi connectivity index (χ1n) is 6.45. The normalized spacial score (nSPS) is 10.7. The molecule has 0 heterocycles. The first-order valence-corrected chi connectivity index (χ1v) is 8.44. The molecule has 5 heteroatoms. The van der Waals surface area contributed by atoms with Crippen molar-refractivity contribution in [2.24, 2.45) is 5.73 Å². The van der Waals surface area contributed by atoms with E-state index in [-0.39, 0.29) is 0 Å². The highest BCUT2D eigenvalue weighted by atomic mass is 79.9. The third kappa shape index (κ3) is 4.05. The zero-order valence-corrected chi connectivity index (χ0v) is 15.7. The van der Waals surface area contributed by atoms with Gasteiger partial charge in [-0.1, -0.05) is 57.9 Å². The summed E-state index contributed by atoms with van der Waals surface area (Å²) in [7, 11) is 0. The number of rotatable bonds is 4. The van der Waals surface area contributed by atoms with Gasteiger partial charge in [0, 0.05) is 8.95 Å². The minimum Gasteiger partial charge on any atom is -0.456 e. The van der Waals surface area contributed by atoms with Crippen LogP contribution >= 0.6 is 44.1 Å². The Labute approximate surface area is 146 Å². The lowest BCUT2D eigenvalue weighted by Gasteiger charge is -2.16. The lowest BCUT2D eigenvalue weighted by atomic mass is 10.0. The van der Waals surface area contributed by atoms with E-state index in [0.717, 1.165) is 25.8 Å². The summed E-state index contributed by atoms with van der Waals surface area (Å²) >= 11 is 12.0. The third-order valence-corrected chi connectivity index (χ3v) is 4.23. The molecule has 0 saturated heterocycles. The Morgan fingerprint density at radius 1 is 1.05 bits per heavy atom. The molecule has 0 fully saturated rings. The maximum Gasteiger partial charge on any atom is 0.138 e. The molecule has 2 rings (SSSR count). The summed E-state index contributed by atoms with van der Waals surface area (Å²) in [5.74, 6) is 1.81. The van der Waals surface area contributed by atoms with E-state index in [0.29, 0.717) is 16.7 Å². The van der Waals surface area contributed by atoms with Crippen molar-refractivity contribution in [3.63, 3.8) is 0 Å². The first-order chi connectivity index (χ1) is 9.88. The predicted octanol–water partition coefficient (Wildman–Crippen LogP) is 5.76. The fourth-order valence-electron chi connectivity index (χ4n) is 1.97. The highest BCUT2D eigenvalue weighted by Crippen LogP contribution is 2.35. The Morgan fingerprint density at radius 2 is 1.67 bits per heavy atom. The highest BCUT2D eigenvalue weighted by Gasteiger charge is 2.13. The lowest BCUT2D eigenvalue weighted by Crippen LogP contribution is -2.11. The van der Waals surface area contributed by atoms with Gasteiger partial charge < -0.3 is 10.5 Å². The third-order valence-electron chi connectivity index (χ3n) is 3.02. The first kappa shape index (κ1) is 16.5. The molecule has 0 aliphatic heterocycles. The van der Waals surface area contributed by atoms with Crippen LogP contribution in [0.5, 0.6) is 11.5 Å². The standard InChI is InChI=1S/C16H15Br2NOS/c1-9(2)13-7-10(17)4-6-14(13)20-15-8-11(18)3-5-12(15)16(19)21/h3-9H,1-2H3,(H2,19,21). The zero-order valence-electron chi connectivity index (χ0n) is 11.7. The molecule has 0 amide bonds. The van der Waals surface area contributed by atoms with E-state index in [9.17, 15) is 0 Å². The Kier molecular flexibility index (Phi) is 5.41. The lowest BCUT2D eigenvalue weighted by molar-refractivity contribution is 0.472. The van der Waals surface area contributed by atoms with Gasteiger partial charge in [0.05, 0.1) is 5.56 Å². The summed E-state index contributed by atoms with van der Waals surface area (Å²) in [6, 6.07) is 11.6. The van der Waals surface area contributed by atoms with Gasteiger partial charge in [0.25, 0.3) is 0 Å². The number of nitrogens with two attached hydrogens (primary N) is 1. The van der Waals surface area contributed by atoms with Crippen LogP contribution in [0.15, 0.2) is 45.3 Å². The second-order valence-electron chi connectivity index (χ2n) is 4.94. The fourth-order valence-corrected chi connectivity index (χ4v) is 2.85. The van der Waals surface area contributed by atoms with Gasteiger partial charge in [-0.3, -0.25) is 0 Å². The van der Waals surface area contributed by atoms with Gasteiger partial charge in [-0.05, 0) is 47.9 Å². The van der Waals surface area contributed by atoms with E-state index in [1.807, 2.05) is 30.3 Å². The molecule has 0 aliphatic carbocycles. The Balaban J connectivity index is 2.47. The summed E-state index contributed by atoms with van der Waals surface area (Å²) < 4.78 is 8.03. The van der Waals surface area contributed by atoms with Gasteiger partial charge >= 0.3 is 0 Å². The highest BCUT2D eigenvalue weighted by molar-refractivity contribution is 9.10. The van der Waals surface area contributed by atoms with Crippen LogP contribution in [0, 0.1) is 0 Å². The molecule has 0 aromatic heterocycles. The van der Waals surface area contributed by atoms with Crippen molar-refractivity contribution >= 4 is 49.1 Å². The van der Waals surface area contributed by atoms with E-state index in [1.54, 1.807) is 0 Å². The molecule has 0 spiro atoms. The van der Waals surface area contributed by atoms with Crippen LogP contribution in [-0.4, -0.2) is 4.99 Å². The molecule has 2 N–H and O–H groups in total. The summed E-state index contributed by atoms with van der Waals surface area (Å²) in [5.41, 5.74) is 7.62. The van der Waals surface area contributed by atoms with Crippen LogP contribution in [0.1, 0.15) is 30.9 Å². The minimum atomic E-state index is 0.320. The Hall–Kier alpha value is -0.910. The SMILES string of the molecule is CC(C)c1cc(Br)ccc1Oc1cc(Br)ccc1C(N)=S. The maximum atomic E-state index is 6.08. The molecule has 2 aromatic carbocycles. The summed E-state index contributed by atoms with van der Waals surface area (Å²) in [6.07, 6.45) is 0. The average molecular weight is 429 g/mol. The van der Waals surface area contributed by atoms with Crippen LogP contribution < -0.4 is 10.5 Å². The summed E-state index contributed by atoms with van der Waals surface area (Å²) in [6.45, 7) is 4.26. The smallest absolute Gasteiger partial charge is 0.138 e. The average Bonchev–Trinajstić information content (AvgIpc) is 2.40. The van der Waals surface area contributed by atoms with E-state index < -0.39 is 0 Å². The van der Waals surface area contributed by atoms with Crippen molar-refractivity contribution in [3.05, 3.63) is 56.5 Å². The minimum absolute atomic E-state index is 0.320. The van der Waals surface area contributed by atoms with E-state index in [1.165, 1.54) is 0 Å². The molecule has 21 heavy (non-hydrogen) atoms. The number of halogens is 2. The number of thiocarbonyl (C=S) groups is 1. The van der Waals surface area contributed by atoms with Crippen molar-refractivity contribution in [1.29, 1.82) is 0 Å². The number of hydrogen-bond donors (Lipinski definition) is 1. The van der Waals surface area contributed by atoms with Crippen molar-refractivity contribution in [2.45, 2.75) is 19.8 Å². The zero-order chi connectivity index (χ0) is 15.6. The van der Waals surface area contributed by atoms with E-state index in [4.69, 9.17) is 22.7 Å². The number of ether oxygens (including phenoxy) is 1. The molecule has 0 aliphatic rings. The van der Waals surface area contributed by atoms with Crippen molar-refractivity contribution < 1.29 is 4.74 Å². The molecule has 110 valence electrons. The van der Waals surface area contributed by atoms with Crippen molar-refractivity contribution in [1.82, 2.24) is 0 Å². The van der Waals surface area contributed by atoms with Gasteiger partial charge in [0.15, 0.2) is 0 Å². The molecule has 2 nitrogen and oxygen atoms in total. The van der Waals surface area contributed by atoms with Gasteiger partial charge in [0.1, 0.15) is 16.5 Å². The molecular weight excluding hydrogens is 414 g/mol. The van der Waals surface area contributed by atoms with Crippen LogP contribution in [0.25, 0.3) is 0 Å². The van der Waals surface area contributed by atoms with Gasteiger partial charge in [-0.2, -0.15) is 0 Å². The topological polar surface area (TPSA) is 35.2 Å². The van der Waals surface area contributed by atoms with Crippen LogP contribution in [-0.2, 0) is 0 Å². The number of benzene rings is 2. The second kappa shape index (κ2) is 6.90. The van der Waals surface area contributed by atoms with Crippen molar-refractivity contribution in [3.8, 4) is 11.5 Å². The molecule has 0 radical (unpaired) electrons. The molecule has 2 aromatic rings. The summed E-state index contributed by atoms with van der Waals surface area (Å²) in [4.78, 5) is 0.320. The van der Waals surface area contributed by atoms with Crippen LogP contribution in [0.2, 0.25) is 0 Å². The Bertz CT molecular complexity index is 686. The molecule has 0 atom stereocenters. The van der Waals surface area contributed by atoms with Gasteiger partial charge in [0.2, 0.25) is 0 Å². The van der Waals surface area contributed by atoms with Crippen molar-refractivity contribution in [2.75, 3.05) is 0 Å². The monoisotopic (exact) mass is 427 g/mol.